The predicted octanol–water partition coefficient (Wildman–Crippen LogP) is 8.85. The molecule has 5 aliphatic rings. The molecular formula is C39H55NO4. The van der Waals surface area contributed by atoms with Crippen molar-refractivity contribution in [3.05, 3.63) is 41.5 Å². The van der Waals surface area contributed by atoms with Gasteiger partial charge in [0.25, 0.3) is 0 Å². The van der Waals surface area contributed by atoms with E-state index in [0.29, 0.717) is 11.7 Å². The standard InChI is InChI=1S/C39H55NO4/c1-24-10-12-26(13-11-24)40-33(43)36(6)19-18-35(5)20-21-38(8)27(28(35)23-36)22-29(42)32-37(7)16-15-31(44-25(2)41)34(3,4)30(37)14-17-39(32,38)9/h10-13,22,28,30-32H,14-21,23H2,1-9H3,(H,40,43)/t28-,30-,31-,32-,35-,36-,37-,38+,39-/m0/s1. The van der Waals surface area contributed by atoms with Crippen LogP contribution in [0.25, 0.3) is 0 Å². The van der Waals surface area contributed by atoms with E-state index in [9.17, 15) is 14.4 Å². The molecule has 0 heterocycles. The molecule has 240 valence electrons. The number of fused-ring (bicyclic) bond motifs is 7. The van der Waals surface area contributed by atoms with E-state index in [2.05, 4.69) is 66.8 Å². The summed E-state index contributed by atoms with van der Waals surface area (Å²) < 4.78 is 5.88. The molecule has 0 aromatic heterocycles. The highest BCUT2D eigenvalue weighted by atomic mass is 16.5. The molecule has 1 aromatic carbocycles. The summed E-state index contributed by atoms with van der Waals surface area (Å²) in [7, 11) is 0. The summed E-state index contributed by atoms with van der Waals surface area (Å²) in [5.74, 6) is 0.664. The molecule has 0 radical (unpaired) electrons. The zero-order valence-electron chi connectivity index (χ0n) is 28.7. The van der Waals surface area contributed by atoms with Gasteiger partial charge >= 0.3 is 5.97 Å². The van der Waals surface area contributed by atoms with Crippen molar-refractivity contribution < 1.29 is 19.1 Å². The zero-order valence-corrected chi connectivity index (χ0v) is 28.7. The number of benzene rings is 1. The molecule has 1 N–H and O–H groups in total. The quantitative estimate of drug-likeness (QED) is 0.351. The van der Waals surface area contributed by atoms with E-state index < -0.39 is 5.41 Å². The van der Waals surface area contributed by atoms with Gasteiger partial charge in [-0.15, -0.1) is 0 Å². The number of amides is 1. The van der Waals surface area contributed by atoms with Crippen molar-refractivity contribution in [2.45, 2.75) is 126 Å². The fourth-order valence-electron chi connectivity index (χ4n) is 11.7. The van der Waals surface area contributed by atoms with Crippen molar-refractivity contribution >= 4 is 23.3 Å². The molecule has 0 spiro atoms. The number of aryl methyl sites for hydroxylation is 1. The van der Waals surface area contributed by atoms with E-state index in [-0.39, 0.29) is 56.9 Å². The molecule has 6 rings (SSSR count). The summed E-state index contributed by atoms with van der Waals surface area (Å²) in [5, 5.41) is 3.23. The Morgan fingerprint density at radius 3 is 2.18 bits per heavy atom. The zero-order chi connectivity index (χ0) is 32.1. The lowest BCUT2D eigenvalue weighted by Crippen LogP contribution is -2.66. The highest BCUT2D eigenvalue weighted by molar-refractivity contribution is 5.96. The van der Waals surface area contributed by atoms with Gasteiger partial charge in [0.1, 0.15) is 6.10 Å². The second-order valence-corrected chi connectivity index (χ2v) is 17.5. The first kappa shape index (κ1) is 31.5. The SMILES string of the molecule is CC(=O)O[C@H]1CC[C@@]2(C)[C@@H](CC[C@@]3(C)[C@H]2C(=O)C=C2[C@@H]4C[C@@](C)(C(=O)Nc5ccc(C)cc5)CC[C@@]4(C)CC[C@]23C)C1(C)C. The number of carbonyl (C=O) groups is 3. The second-order valence-electron chi connectivity index (χ2n) is 17.5. The van der Waals surface area contributed by atoms with Gasteiger partial charge < -0.3 is 10.1 Å². The number of ether oxygens (including phenoxy) is 1. The number of carbonyl (C=O) groups excluding carboxylic acids is 3. The van der Waals surface area contributed by atoms with Gasteiger partial charge in [-0.3, -0.25) is 14.4 Å². The maximum absolute atomic E-state index is 14.7. The number of ketones is 1. The Balaban J connectivity index is 1.34. The Bertz CT molecular complexity index is 1410. The molecule has 5 heteroatoms. The van der Waals surface area contributed by atoms with Crippen LogP contribution in [0.5, 0.6) is 0 Å². The first-order chi connectivity index (χ1) is 20.4. The summed E-state index contributed by atoms with van der Waals surface area (Å²) in [4.78, 5) is 40.5. The van der Waals surface area contributed by atoms with Crippen LogP contribution in [-0.4, -0.2) is 23.8 Å². The fraction of sp³-hybridized carbons (Fsp3) is 0.718. The highest BCUT2D eigenvalue weighted by Crippen LogP contribution is 2.75. The first-order valence-corrected chi connectivity index (χ1v) is 17.2. The number of allylic oxidation sites excluding steroid dienone is 2. The van der Waals surface area contributed by atoms with Crippen molar-refractivity contribution in [3.8, 4) is 0 Å². The number of hydrogen-bond acceptors (Lipinski definition) is 4. The van der Waals surface area contributed by atoms with E-state index in [4.69, 9.17) is 4.74 Å². The average molecular weight is 602 g/mol. The van der Waals surface area contributed by atoms with Crippen molar-refractivity contribution in [1.82, 2.24) is 0 Å². The Morgan fingerprint density at radius 2 is 1.52 bits per heavy atom. The number of anilines is 1. The van der Waals surface area contributed by atoms with E-state index in [1.165, 1.54) is 18.1 Å². The number of esters is 1. The lowest BCUT2D eigenvalue weighted by Gasteiger charge is -2.70. The molecule has 4 fully saturated rings. The van der Waals surface area contributed by atoms with Gasteiger partial charge in [0.2, 0.25) is 5.91 Å². The van der Waals surface area contributed by atoms with Crippen LogP contribution in [0.15, 0.2) is 35.9 Å². The summed E-state index contributed by atoms with van der Waals surface area (Å²) in [6.07, 6.45) is 10.6. The van der Waals surface area contributed by atoms with E-state index in [1.807, 2.05) is 24.3 Å². The molecule has 5 nitrogen and oxygen atoms in total. The minimum absolute atomic E-state index is 0.0516. The third-order valence-electron chi connectivity index (χ3n) is 14.7. The van der Waals surface area contributed by atoms with Crippen molar-refractivity contribution in [3.63, 3.8) is 0 Å². The number of rotatable bonds is 3. The molecular weight excluding hydrogens is 546 g/mol. The molecule has 1 amide bonds. The Morgan fingerprint density at radius 1 is 0.864 bits per heavy atom. The minimum atomic E-state index is -0.488. The van der Waals surface area contributed by atoms with Crippen LogP contribution >= 0.6 is 0 Å². The van der Waals surface area contributed by atoms with Crippen molar-refractivity contribution in [2.75, 3.05) is 5.32 Å². The van der Waals surface area contributed by atoms with E-state index >= 15 is 0 Å². The molecule has 0 bridgehead atoms. The molecule has 0 unspecified atom stereocenters. The average Bonchev–Trinajstić information content (AvgIpc) is 2.93. The third kappa shape index (κ3) is 4.41. The summed E-state index contributed by atoms with van der Waals surface area (Å²) in [6.45, 7) is 19.9. The smallest absolute Gasteiger partial charge is 0.302 e. The predicted molar refractivity (Wildman–Crippen MR) is 175 cm³/mol. The summed E-state index contributed by atoms with van der Waals surface area (Å²) >= 11 is 0. The van der Waals surface area contributed by atoms with Crippen LogP contribution in [0.4, 0.5) is 5.69 Å². The van der Waals surface area contributed by atoms with Gasteiger partial charge in [-0.05, 0) is 116 Å². The molecule has 44 heavy (non-hydrogen) atoms. The van der Waals surface area contributed by atoms with Crippen LogP contribution in [-0.2, 0) is 19.1 Å². The first-order valence-electron chi connectivity index (χ1n) is 17.2. The Kier molecular flexibility index (Phi) is 7.19. The topological polar surface area (TPSA) is 72.5 Å². The lowest BCUT2D eigenvalue weighted by atomic mass is 9.33. The van der Waals surface area contributed by atoms with Crippen LogP contribution in [0, 0.1) is 57.2 Å². The van der Waals surface area contributed by atoms with Gasteiger partial charge in [-0.25, -0.2) is 0 Å². The molecule has 9 atom stereocenters. The van der Waals surface area contributed by atoms with Gasteiger partial charge in [0.15, 0.2) is 5.78 Å². The maximum Gasteiger partial charge on any atom is 0.302 e. The van der Waals surface area contributed by atoms with Crippen LogP contribution < -0.4 is 5.32 Å². The van der Waals surface area contributed by atoms with Crippen LogP contribution in [0.1, 0.15) is 119 Å². The number of hydrogen-bond donors (Lipinski definition) is 1. The minimum Gasteiger partial charge on any atom is -0.462 e. The molecule has 0 saturated heterocycles. The van der Waals surface area contributed by atoms with Gasteiger partial charge in [0.05, 0.1) is 0 Å². The molecule has 1 aromatic rings. The van der Waals surface area contributed by atoms with Crippen molar-refractivity contribution in [2.24, 2.45) is 50.2 Å². The molecule has 0 aliphatic heterocycles. The second kappa shape index (κ2) is 10.0. The Hall–Kier alpha value is -2.43. The maximum atomic E-state index is 14.7. The van der Waals surface area contributed by atoms with Gasteiger partial charge in [0, 0.05) is 29.4 Å². The van der Waals surface area contributed by atoms with Crippen LogP contribution in [0.2, 0.25) is 0 Å². The van der Waals surface area contributed by atoms with E-state index in [0.717, 1.165) is 63.5 Å². The fourth-order valence-corrected chi connectivity index (χ4v) is 11.7. The number of nitrogens with one attached hydrogen (secondary N) is 1. The molecule has 5 aliphatic carbocycles. The Labute approximate surface area is 265 Å². The van der Waals surface area contributed by atoms with E-state index in [1.54, 1.807) is 0 Å². The monoisotopic (exact) mass is 601 g/mol. The summed E-state index contributed by atoms with van der Waals surface area (Å²) in [5.41, 5.74) is 2.39. The van der Waals surface area contributed by atoms with Crippen LogP contribution in [0.3, 0.4) is 0 Å². The molecule has 4 saturated carbocycles. The summed E-state index contributed by atoms with van der Waals surface area (Å²) in [6, 6.07) is 8.05. The highest BCUT2D eigenvalue weighted by Gasteiger charge is 2.70. The normalized spacial score (nSPS) is 44.2. The lowest BCUT2D eigenvalue weighted by molar-refractivity contribution is -0.210. The largest absolute Gasteiger partial charge is 0.462 e. The van der Waals surface area contributed by atoms with Crippen molar-refractivity contribution in [1.29, 1.82) is 0 Å². The van der Waals surface area contributed by atoms with Gasteiger partial charge in [-0.2, -0.15) is 0 Å². The third-order valence-corrected chi connectivity index (χ3v) is 14.7. The van der Waals surface area contributed by atoms with Gasteiger partial charge in [-0.1, -0.05) is 71.7 Å².